The van der Waals surface area contributed by atoms with Gasteiger partial charge >= 0.3 is 17.9 Å². The monoisotopic (exact) mass is 310 g/mol. The van der Waals surface area contributed by atoms with E-state index < -0.39 is 21.1 Å². The lowest BCUT2D eigenvalue weighted by Crippen LogP contribution is -2.49. The molecule has 0 rings (SSSR count). The first kappa shape index (κ1) is 11.8. The largest absolute Gasteiger partial charge is 0.479 e. The van der Waals surface area contributed by atoms with Gasteiger partial charge in [0.1, 0.15) is 0 Å². The number of carbonyl (C=O) groups is 2. The van der Waals surface area contributed by atoms with E-state index in [1.54, 1.807) is 0 Å². The molecule has 0 saturated heterocycles. The Morgan fingerprint density at radius 2 is 1.42 bits per heavy atom. The maximum Gasteiger partial charge on any atom is 0.377 e. The summed E-state index contributed by atoms with van der Waals surface area (Å²) in [6.07, 6.45) is 0. The zero-order valence-electron chi connectivity index (χ0n) is 5.22. The van der Waals surface area contributed by atoms with Crippen molar-refractivity contribution >= 4 is 43.8 Å². The summed E-state index contributed by atoms with van der Waals surface area (Å²) in [5, 5.41) is 16.1. The first-order chi connectivity index (χ1) is 5.14. The molecule has 8 heteroatoms. The van der Waals surface area contributed by atoms with Crippen molar-refractivity contribution in [3.63, 3.8) is 0 Å². The van der Waals surface area contributed by atoms with Crippen molar-refractivity contribution in [2.75, 3.05) is 0 Å². The standard InChI is InChI=1S/C4H2Br2F2O4/c5-3(6,1(9)10)4(7,8)2(11)12/h(H,9,10)(H,11,12). The van der Waals surface area contributed by atoms with Crippen molar-refractivity contribution in [1.82, 2.24) is 0 Å². The Kier molecular flexibility index (Phi) is 3.18. The molecule has 0 amide bonds. The highest BCUT2D eigenvalue weighted by Gasteiger charge is 2.62. The van der Waals surface area contributed by atoms with Gasteiger partial charge in [-0.2, -0.15) is 8.78 Å². The number of hydrogen-bond donors (Lipinski definition) is 2. The fourth-order valence-corrected chi connectivity index (χ4v) is 0.608. The van der Waals surface area contributed by atoms with Crippen LogP contribution in [-0.2, 0) is 9.59 Å². The molecule has 4 nitrogen and oxygen atoms in total. The zero-order valence-corrected chi connectivity index (χ0v) is 8.39. The van der Waals surface area contributed by atoms with Gasteiger partial charge in [-0.05, 0) is 0 Å². The van der Waals surface area contributed by atoms with Crippen LogP contribution >= 0.6 is 31.9 Å². The molecule has 0 heterocycles. The van der Waals surface area contributed by atoms with Crippen LogP contribution in [0.2, 0.25) is 0 Å². The summed E-state index contributed by atoms with van der Waals surface area (Å²) in [7, 11) is 0. The van der Waals surface area contributed by atoms with Gasteiger partial charge in [0, 0.05) is 0 Å². The number of hydrogen-bond acceptors (Lipinski definition) is 2. The van der Waals surface area contributed by atoms with Gasteiger partial charge in [0.15, 0.2) is 0 Å². The number of carboxylic acid groups (broad SMARTS) is 2. The molecule has 0 bridgehead atoms. The maximum absolute atomic E-state index is 12.5. The first-order valence-electron chi connectivity index (χ1n) is 2.36. The summed E-state index contributed by atoms with van der Waals surface area (Å²) in [5.74, 6) is -8.98. The molecule has 0 aromatic rings. The Morgan fingerprint density at radius 1 is 1.08 bits per heavy atom. The summed E-state index contributed by atoms with van der Waals surface area (Å²) < 4.78 is 22.0. The van der Waals surface area contributed by atoms with Crippen LogP contribution in [0.15, 0.2) is 0 Å². The molecule has 0 atom stereocenters. The van der Waals surface area contributed by atoms with Crippen molar-refractivity contribution in [3.8, 4) is 0 Å². The van der Waals surface area contributed by atoms with E-state index in [-0.39, 0.29) is 0 Å². The average Bonchev–Trinajstić information content (AvgIpc) is 1.86. The Labute approximate surface area is 81.8 Å². The number of halogens is 4. The molecule has 0 saturated carbocycles. The molecule has 0 aliphatic heterocycles. The van der Waals surface area contributed by atoms with Crippen LogP contribution < -0.4 is 0 Å². The lowest BCUT2D eigenvalue weighted by Gasteiger charge is -2.21. The van der Waals surface area contributed by atoms with Gasteiger partial charge in [0.2, 0.25) is 0 Å². The van der Waals surface area contributed by atoms with Gasteiger partial charge in [-0.1, -0.05) is 31.9 Å². The molecule has 2 N–H and O–H groups in total. The van der Waals surface area contributed by atoms with Gasteiger partial charge in [-0.15, -0.1) is 0 Å². The molecule has 70 valence electrons. The molecular formula is C4H2Br2F2O4. The highest BCUT2D eigenvalue weighted by Crippen LogP contribution is 2.42. The Hall–Kier alpha value is -0.240. The molecule has 0 spiro atoms. The minimum absolute atomic E-state index is 2.02. The molecule has 0 radical (unpaired) electrons. The summed E-state index contributed by atoms with van der Waals surface area (Å²) in [6.45, 7) is 0. The van der Waals surface area contributed by atoms with Crippen molar-refractivity contribution in [2.24, 2.45) is 0 Å². The predicted octanol–water partition coefficient (Wildman–Crippen LogP) is 1.28. The third-order valence-corrected chi connectivity index (χ3v) is 2.61. The van der Waals surface area contributed by atoms with E-state index in [0.717, 1.165) is 0 Å². The summed E-state index contributed by atoms with van der Waals surface area (Å²) >= 11 is 4.11. The van der Waals surface area contributed by atoms with Crippen molar-refractivity contribution < 1.29 is 28.6 Å². The second kappa shape index (κ2) is 3.25. The fraction of sp³-hybridized carbons (Fsp3) is 0.500. The van der Waals surface area contributed by atoms with E-state index in [9.17, 15) is 18.4 Å². The van der Waals surface area contributed by atoms with Crippen LogP contribution in [0, 0.1) is 0 Å². The minimum atomic E-state index is -4.43. The van der Waals surface area contributed by atoms with Crippen molar-refractivity contribution in [3.05, 3.63) is 0 Å². The highest BCUT2D eigenvalue weighted by molar-refractivity contribution is 9.26. The second-order valence-electron chi connectivity index (χ2n) is 1.76. The van der Waals surface area contributed by atoms with E-state index in [4.69, 9.17) is 10.2 Å². The second-order valence-corrected chi connectivity index (χ2v) is 5.20. The van der Waals surface area contributed by atoms with Gasteiger partial charge in [0.25, 0.3) is 3.23 Å². The average molecular weight is 312 g/mol. The summed E-state index contributed by atoms with van der Waals surface area (Å²) in [4.78, 5) is 20.0. The lowest BCUT2D eigenvalue weighted by molar-refractivity contribution is -0.171. The van der Waals surface area contributed by atoms with Gasteiger partial charge in [-0.25, -0.2) is 9.59 Å². The maximum atomic E-state index is 12.5. The third-order valence-electron chi connectivity index (χ3n) is 0.932. The lowest BCUT2D eigenvalue weighted by atomic mass is 10.2. The molecule has 0 aromatic heterocycles. The minimum Gasteiger partial charge on any atom is -0.479 e. The quantitative estimate of drug-likeness (QED) is 0.770. The number of carboxylic acids is 2. The number of rotatable bonds is 3. The topological polar surface area (TPSA) is 74.6 Å². The molecule has 0 unspecified atom stereocenters. The van der Waals surface area contributed by atoms with Crippen LogP contribution in [0.25, 0.3) is 0 Å². The third kappa shape index (κ3) is 1.74. The number of alkyl halides is 4. The predicted molar refractivity (Wildman–Crippen MR) is 40.8 cm³/mol. The molecule has 12 heavy (non-hydrogen) atoms. The first-order valence-corrected chi connectivity index (χ1v) is 3.95. The van der Waals surface area contributed by atoms with Crippen molar-refractivity contribution in [2.45, 2.75) is 9.16 Å². The SMILES string of the molecule is O=C(O)C(F)(F)C(Br)(Br)C(=O)O. The normalized spacial score (nSPS) is 12.7. The molecule has 0 aliphatic rings. The van der Waals surface area contributed by atoms with Crippen molar-refractivity contribution in [1.29, 1.82) is 0 Å². The molecule has 0 fully saturated rings. The highest BCUT2D eigenvalue weighted by atomic mass is 79.9. The Bertz CT molecular complexity index is 203. The van der Waals surface area contributed by atoms with Gasteiger partial charge in [0.05, 0.1) is 0 Å². The summed E-state index contributed by atoms with van der Waals surface area (Å²) in [6, 6.07) is 0. The van der Waals surface area contributed by atoms with Crippen LogP contribution in [-0.4, -0.2) is 31.3 Å². The Balaban J connectivity index is 5.01. The molecular weight excluding hydrogens is 310 g/mol. The summed E-state index contributed by atoms with van der Waals surface area (Å²) in [5.41, 5.74) is 0. The van der Waals surface area contributed by atoms with Crippen LogP contribution in [0.5, 0.6) is 0 Å². The van der Waals surface area contributed by atoms with E-state index in [1.807, 2.05) is 0 Å². The van der Waals surface area contributed by atoms with E-state index in [1.165, 1.54) is 0 Å². The van der Waals surface area contributed by atoms with Crippen LogP contribution in [0.3, 0.4) is 0 Å². The van der Waals surface area contributed by atoms with Crippen LogP contribution in [0.1, 0.15) is 0 Å². The zero-order chi connectivity index (χ0) is 10.2. The van der Waals surface area contributed by atoms with E-state index in [0.29, 0.717) is 0 Å². The van der Waals surface area contributed by atoms with Crippen LogP contribution in [0.4, 0.5) is 8.78 Å². The fourth-order valence-electron chi connectivity index (χ4n) is 0.269. The van der Waals surface area contributed by atoms with Gasteiger partial charge < -0.3 is 10.2 Å². The smallest absolute Gasteiger partial charge is 0.377 e. The number of aliphatic carboxylic acids is 2. The Morgan fingerprint density at radius 3 is 1.50 bits per heavy atom. The van der Waals surface area contributed by atoms with Gasteiger partial charge in [-0.3, -0.25) is 0 Å². The van der Waals surface area contributed by atoms with E-state index >= 15 is 0 Å². The molecule has 0 aromatic carbocycles. The van der Waals surface area contributed by atoms with E-state index in [2.05, 4.69) is 31.9 Å². The molecule has 0 aliphatic carbocycles.